The van der Waals surface area contributed by atoms with Gasteiger partial charge in [0.25, 0.3) is 0 Å². The van der Waals surface area contributed by atoms with E-state index in [1.165, 1.54) is 20.0 Å². The molecule has 1 aliphatic rings. The van der Waals surface area contributed by atoms with E-state index in [-0.39, 0.29) is 5.56 Å². The van der Waals surface area contributed by atoms with Gasteiger partial charge in [-0.1, -0.05) is 18.2 Å². The summed E-state index contributed by atoms with van der Waals surface area (Å²) in [5.41, 5.74) is 0.235. The first-order valence-electron chi connectivity index (χ1n) is 6.38. The summed E-state index contributed by atoms with van der Waals surface area (Å²) in [5, 5.41) is 0. The Morgan fingerprint density at radius 1 is 1.38 bits per heavy atom. The highest BCUT2D eigenvalue weighted by molar-refractivity contribution is 7.51. The lowest BCUT2D eigenvalue weighted by molar-refractivity contribution is -0.00336. The van der Waals surface area contributed by atoms with Crippen molar-refractivity contribution in [3.05, 3.63) is 35.9 Å². The summed E-state index contributed by atoms with van der Waals surface area (Å²) in [6.45, 7) is 0. The van der Waals surface area contributed by atoms with E-state index >= 15 is 0 Å². The fourth-order valence-corrected chi connectivity index (χ4v) is 2.95. The van der Waals surface area contributed by atoms with Crippen molar-refractivity contribution in [2.75, 3.05) is 6.16 Å². The number of hydrogen-bond donors (Lipinski definition) is 2. The van der Waals surface area contributed by atoms with Crippen LogP contribution >= 0.6 is 7.60 Å². The van der Waals surface area contributed by atoms with Crippen molar-refractivity contribution < 1.29 is 33.0 Å². The number of rotatable bonds is 4. The van der Waals surface area contributed by atoms with Crippen LogP contribution in [0.5, 0.6) is 0 Å². The minimum Gasteiger partial charge on any atom is -0.453 e. The van der Waals surface area contributed by atoms with Crippen LogP contribution in [0.2, 0.25) is 0 Å². The first-order chi connectivity index (χ1) is 9.78. The molecule has 4 atom stereocenters. The monoisotopic (exact) mass is 316 g/mol. The van der Waals surface area contributed by atoms with Crippen molar-refractivity contribution >= 4 is 21.4 Å². The predicted octanol–water partition coefficient (Wildman–Crippen LogP) is 0.0858. The zero-order chi connectivity index (χ0) is 15.6. The van der Waals surface area contributed by atoms with Crippen LogP contribution in [0.25, 0.3) is 0 Å². The first kappa shape index (κ1) is 16.2. The molecule has 1 saturated heterocycles. The highest BCUT2D eigenvalue weighted by Crippen LogP contribution is 2.40. The second-order valence-electron chi connectivity index (χ2n) is 4.91. The fourth-order valence-electron chi connectivity index (χ4n) is 2.19. The van der Waals surface area contributed by atoms with Crippen LogP contribution in [0.15, 0.2) is 30.3 Å². The maximum absolute atomic E-state index is 14.0. The summed E-state index contributed by atoms with van der Waals surface area (Å²) in [4.78, 5) is 29.9. The quantitative estimate of drug-likeness (QED) is 0.464. The molecule has 9 heteroatoms. The molecule has 2 rings (SSSR count). The standard InChI is InChI=1S/C12H15BFO6P/c13-11-9(14)10(8(19-11)6-21(16,17)18)20-12(15)7-4-2-1-3-5-7/h1-5,8-11H,6,13H2,(H2,16,17,18). The van der Waals surface area contributed by atoms with E-state index in [0.29, 0.717) is 0 Å². The van der Waals surface area contributed by atoms with Gasteiger partial charge in [-0.15, -0.1) is 0 Å². The number of esters is 1. The SMILES string of the molecule is BC1OC(CP(=O)(O)O)C(OC(=O)c2ccccc2)C1F. The molecule has 21 heavy (non-hydrogen) atoms. The van der Waals surface area contributed by atoms with Gasteiger partial charge in [-0.2, -0.15) is 0 Å². The topological polar surface area (TPSA) is 93.1 Å². The summed E-state index contributed by atoms with van der Waals surface area (Å²) in [5.74, 6) is -0.753. The summed E-state index contributed by atoms with van der Waals surface area (Å²) < 4.78 is 35.3. The number of benzene rings is 1. The Bertz CT molecular complexity index is 550. The third-order valence-electron chi connectivity index (χ3n) is 3.19. The normalized spacial score (nSPS) is 29.3. The van der Waals surface area contributed by atoms with E-state index in [4.69, 9.17) is 19.3 Å². The van der Waals surface area contributed by atoms with Gasteiger partial charge in [0, 0.05) is 0 Å². The molecule has 0 aromatic heterocycles. The molecular formula is C12H15BFO6P. The van der Waals surface area contributed by atoms with Gasteiger partial charge < -0.3 is 19.3 Å². The smallest absolute Gasteiger partial charge is 0.338 e. The molecule has 0 radical (unpaired) electrons. The summed E-state index contributed by atoms with van der Waals surface area (Å²) in [6, 6.07) is 7.09. The lowest BCUT2D eigenvalue weighted by atomic mass is 9.94. The summed E-state index contributed by atoms with van der Waals surface area (Å²) >= 11 is 0. The van der Waals surface area contributed by atoms with E-state index in [0.717, 1.165) is 0 Å². The molecule has 0 amide bonds. The number of carbonyl (C=O) groups is 1. The summed E-state index contributed by atoms with van der Waals surface area (Å²) in [6.07, 6.45) is -4.82. The first-order valence-corrected chi connectivity index (χ1v) is 8.18. The molecule has 1 fully saturated rings. The molecule has 1 aromatic carbocycles. The predicted molar refractivity (Wildman–Crippen MR) is 74.7 cm³/mol. The Morgan fingerprint density at radius 2 is 2.00 bits per heavy atom. The Labute approximate surface area is 121 Å². The molecule has 1 aromatic rings. The van der Waals surface area contributed by atoms with Crippen LogP contribution in [-0.2, 0) is 14.0 Å². The third-order valence-corrected chi connectivity index (χ3v) is 4.02. The zero-order valence-corrected chi connectivity index (χ0v) is 12.2. The molecule has 1 heterocycles. The van der Waals surface area contributed by atoms with Gasteiger partial charge in [0.15, 0.2) is 12.3 Å². The van der Waals surface area contributed by atoms with Crippen molar-refractivity contribution in [1.29, 1.82) is 0 Å². The van der Waals surface area contributed by atoms with Crippen molar-refractivity contribution in [2.24, 2.45) is 0 Å². The molecule has 114 valence electrons. The van der Waals surface area contributed by atoms with Crippen molar-refractivity contribution in [3.63, 3.8) is 0 Å². The molecule has 0 aliphatic carbocycles. The number of hydrogen-bond acceptors (Lipinski definition) is 4. The molecule has 1 aliphatic heterocycles. The molecule has 2 N–H and O–H groups in total. The largest absolute Gasteiger partial charge is 0.453 e. The van der Waals surface area contributed by atoms with Gasteiger partial charge in [-0.05, 0) is 12.1 Å². The van der Waals surface area contributed by atoms with Crippen LogP contribution < -0.4 is 0 Å². The van der Waals surface area contributed by atoms with Crippen molar-refractivity contribution in [3.8, 4) is 0 Å². The Morgan fingerprint density at radius 3 is 2.57 bits per heavy atom. The summed E-state index contributed by atoms with van der Waals surface area (Å²) in [7, 11) is -2.98. The Hall–Kier alpha value is -1.21. The van der Waals surface area contributed by atoms with Gasteiger partial charge >= 0.3 is 13.6 Å². The van der Waals surface area contributed by atoms with E-state index in [9.17, 15) is 13.8 Å². The lowest BCUT2D eigenvalue weighted by Crippen LogP contribution is -2.36. The third kappa shape index (κ3) is 4.14. The molecule has 0 bridgehead atoms. The van der Waals surface area contributed by atoms with Gasteiger partial charge in [0.1, 0.15) is 14.0 Å². The molecule has 6 nitrogen and oxygen atoms in total. The second kappa shape index (κ2) is 6.28. The minimum absolute atomic E-state index is 0.235. The maximum Gasteiger partial charge on any atom is 0.338 e. The van der Waals surface area contributed by atoms with E-state index < -0.39 is 44.1 Å². The molecule has 4 unspecified atom stereocenters. The molecule has 0 saturated carbocycles. The van der Waals surface area contributed by atoms with Crippen molar-refractivity contribution in [1.82, 2.24) is 0 Å². The average Bonchev–Trinajstić information content (AvgIpc) is 2.65. The van der Waals surface area contributed by atoms with Crippen LogP contribution in [-0.4, -0.2) is 54.1 Å². The average molecular weight is 316 g/mol. The second-order valence-corrected chi connectivity index (χ2v) is 6.60. The number of halogens is 1. The van der Waals surface area contributed by atoms with E-state index in [1.54, 1.807) is 18.2 Å². The zero-order valence-electron chi connectivity index (χ0n) is 11.3. The number of carbonyl (C=O) groups excluding carboxylic acids is 1. The highest BCUT2D eigenvalue weighted by atomic mass is 31.2. The number of alkyl halides is 1. The fraction of sp³-hybridized carbons (Fsp3) is 0.417. The van der Waals surface area contributed by atoms with Crippen LogP contribution in [0.1, 0.15) is 10.4 Å². The van der Waals surface area contributed by atoms with Gasteiger partial charge in [0.2, 0.25) is 0 Å². The minimum atomic E-state index is -4.40. The van der Waals surface area contributed by atoms with E-state index in [2.05, 4.69) is 0 Å². The highest BCUT2D eigenvalue weighted by Gasteiger charge is 2.47. The van der Waals surface area contributed by atoms with Crippen molar-refractivity contribution in [2.45, 2.75) is 24.4 Å². The molecule has 0 spiro atoms. The van der Waals surface area contributed by atoms with E-state index in [1.807, 2.05) is 0 Å². The van der Waals surface area contributed by atoms with Gasteiger partial charge in [-0.3, -0.25) is 4.57 Å². The number of ether oxygens (including phenoxy) is 2. The van der Waals surface area contributed by atoms with Crippen LogP contribution in [0.4, 0.5) is 4.39 Å². The Kier molecular flexibility index (Phi) is 4.83. The van der Waals surface area contributed by atoms with Crippen LogP contribution in [0.3, 0.4) is 0 Å². The molecular weight excluding hydrogens is 301 g/mol. The van der Waals surface area contributed by atoms with Crippen LogP contribution in [0, 0.1) is 0 Å². The van der Waals surface area contributed by atoms with Gasteiger partial charge in [-0.25, -0.2) is 9.18 Å². The lowest BCUT2D eigenvalue weighted by Gasteiger charge is -2.20. The van der Waals surface area contributed by atoms with Gasteiger partial charge in [0.05, 0.1) is 17.7 Å². The maximum atomic E-state index is 14.0. The Balaban J connectivity index is 2.11.